The van der Waals surface area contributed by atoms with Crippen LogP contribution in [0, 0.1) is 5.92 Å². The average Bonchev–Trinajstić information content (AvgIpc) is 2.54. The largest absolute Gasteiger partial charge is 0.480 e. The van der Waals surface area contributed by atoms with Gasteiger partial charge in [0.25, 0.3) is 0 Å². The predicted octanol–water partition coefficient (Wildman–Crippen LogP) is -0.633. The number of ether oxygens (including phenoxy) is 1. The molecule has 1 saturated heterocycles. The van der Waals surface area contributed by atoms with E-state index >= 15 is 0 Å². The molecule has 0 aromatic heterocycles. The summed E-state index contributed by atoms with van der Waals surface area (Å²) in [6.07, 6.45) is 0.998. The SMILES string of the molecule is COCC1CCN(C(CN)C(=O)O)C1. The molecule has 1 rings (SSSR count). The van der Waals surface area contributed by atoms with Gasteiger partial charge in [0.1, 0.15) is 6.04 Å². The lowest BCUT2D eigenvalue weighted by atomic mass is 10.1. The summed E-state index contributed by atoms with van der Waals surface area (Å²) in [6, 6.07) is -0.531. The molecular formula is C9H18N2O3. The summed E-state index contributed by atoms with van der Waals surface area (Å²) >= 11 is 0. The van der Waals surface area contributed by atoms with Crippen LogP contribution in [0.15, 0.2) is 0 Å². The molecule has 0 spiro atoms. The van der Waals surface area contributed by atoms with Gasteiger partial charge in [-0.1, -0.05) is 0 Å². The Morgan fingerprint density at radius 1 is 1.79 bits per heavy atom. The topological polar surface area (TPSA) is 75.8 Å². The van der Waals surface area contributed by atoms with Gasteiger partial charge >= 0.3 is 5.97 Å². The summed E-state index contributed by atoms with van der Waals surface area (Å²) in [4.78, 5) is 12.8. The Labute approximate surface area is 83.8 Å². The third-order valence-corrected chi connectivity index (χ3v) is 2.67. The first-order chi connectivity index (χ1) is 6.69. The molecule has 1 aliphatic heterocycles. The fraction of sp³-hybridized carbons (Fsp3) is 0.889. The van der Waals surface area contributed by atoms with E-state index < -0.39 is 12.0 Å². The van der Waals surface area contributed by atoms with Crippen LogP contribution in [-0.2, 0) is 9.53 Å². The number of likely N-dealkylation sites (tertiary alicyclic amines) is 1. The zero-order valence-electron chi connectivity index (χ0n) is 8.48. The van der Waals surface area contributed by atoms with Crippen molar-refractivity contribution in [2.24, 2.45) is 11.7 Å². The molecule has 1 aliphatic rings. The van der Waals surface area contributed by atoms with Crippen molar-refractivity contribution in [2.45, 2.75) is 12.5 Å². The number of carbonyl (C=O) groups is 1. The minimum absolute atomic E-state index is 0.176. The quantitative estimate of drug-likeness (QED) is 0.620. The highest BCUT2D eigenvalue weighted by atomic mass is 16.5. The third kappa shape index (κ3) is 2.67. The van der Waals surface area contributed by atoms with Gasteiger partial charge in [0, 0.05) is 20.2 Å². The molecule has 0 aliphatic carbocycles. The van der Waals surface area contributed by atoms with Gasteiger partial charge in [-0.15, -0.1) is 0 Å². The first-order valence-electron chi connectivity index (χ1n) is 4.85. The number of nitrogens with zero attached hydrogens (tertiary/aromatic N) is 1. The molecule has 3 N–H and O–H groups in total. The second kappa shape index (κ2) is 5.29. The van der Waals surface area contributed by atoms with E-state index in [1.165, 1.54) is 0 Å². The smallest absolute Gasteiger partial charge is 0.322 e. The van der Waals surface area contributed by atoms with Crippen LogP contribution in [0.2, 0.25) is 0 Å². The second-order valence-corrected chi connectivity index (χ2v) is 3.69. The molecule has 0 saturated carbocycles. The van der Waals surface area contributed by atoms with E-state index in [4.69, 9.17) is 15.6 Å². The lowest BCUT2D eigenvalue weighted by molar-refractivity contribution is -0.142. The van der Waals surface area contributed by atoms with E-state index in [0.29, 0.717) is 12.5 Å². The Hall–Kier alpha value is -0.650. The van der Waals surface area contributed by atoms with Gasteiger partial charge in [0.05, 0.1) is 6.61 Å². The lowest BCUT2D eigenvalue weighted by Gasteiger charge is -2.22. The number of aliphatic carboxylic acids is 1. The minimum Gasteiger partial charge on any atom is -0.480 e. The molecule has 0 radical (unpaired) electrons. The number of carboxylic acid groups (broad SMARTS) is 1. The molecule has 82 valence electrons. The van der Waals surface area contributed by atoms with E-state index in [1.807, 2.05) is 4.90 Å². The standard InChI is InChI=1S/C9H18N2O3/c1-14-6-7-2-3-11(5-7)8(4-10)9(12)13/h7-8H,2-6,10H2,1H3,(H,12,13). The van der Waals surface area contributed by atoms with Crippen LogP contribution in [0.3, 0.4) is 0 Å². The molecule has 0 aromatic rings. The molecule has 0 amide bonds. The summed E-state index contributed by atoms with van der Waals surface area (Å²) in [5, 5.41) is 8.90. The minimum atomic E-state index is -0.828. The fourth-order valence-electron chi connectivity index (χ4n) is 1.92. The summed E-state index contributed by atoms with van der Waals surface area (Å²) in [6.45, 7) is 2.46. The Balaban J connectivity index is 2.43. The highest BCUT2D eigenvalue weighted by molar-refractivity contribution is 5.73. The van der Waals surface area contributed by atoms with Crippen LogP contribution in [0.5, 0.6) is 0 Å². The summed E-state index contributed by atoms with van der Waals surface area (Å²) < 4.78 is 5.04. The highest BCUT2D eigenvalue weighted by Crippen LogP contribution is 2.18. The molecule has 14 heavy (non-hydrogen) atoms. The number of methoxy groups -OCH3 is 1. The van der Waals surface area contributed by atoms with Crippen LogP contribution < -0.4 is 5.73 Å². The van der Waals surface area contributed by atoms with Crippen LogP contribution in [0.4, 0.5) is 0 Å². The van der Waals surface area contributed by atoms with E-state index in [0.717, 1.165) is 19.5 Å². The van der Waals surface area contributed by atoms with Crippen molar-refractivity contribution in [3.05, 3.63) is 0 Å². The van der Waals surface area contributed by atoms with Gasteiger partial charge in [-0.05, 0) is 18.9 Å². The maximum atomic E-state index is 10.8. The van der Waals surface area contributed by atoms with E-state index in [2.05, 4.69) is 0 Å². The first kappa shape index (κ1) is 11.4. The number of rotatable bonds is 5. The molecular weight excluding hydrogens is 184 g/mol. The molecule has 5 nitrogen and oxygen atoms in total. The molecule has 1 heterocycles. The molecule has 0 aromatic carbocycles. The Morgan fingerprint density at radius 2 is 2.50 bits per heavy atom. The number of hydrogen-bond donors (Lipinski definition) is 2. The average molecular weight is 202 g/mol. The van der Waals surface area contributed by atoms with Crippen molar-refractivity contribution in [1.29, 1.82) is 0 Å². The van der Waals surface area contributed by atoms with Crippen LogP contribution in [0.1, 0.15) is 6.42 Å². The van der Waals surface area contributed by atoms with Gasteiger partial charge < -0.3 is 15.6 Å². The summed E-state index contributed by atoms with van der Waals surface area (Å²) in [5.74, 6) is -0.376. The second-order valence-electron chi connectivity index (χ2n) is 3.69. The number of carboxylic acids is 1. The number of nitrogens with two attached hydrogens (primary N) is 1. The first-order valence-corrected chi connectivity index (χ1v) is 4.85. The molecule has 0 bridgehead atoms. The van der Waals surface area contributed by atoms with E-state index in [1.54, 1.807) is 7.11 Å². The van der Waals surface area contributed by atoms with Crippen LogP contribution >= 0.6 is 0 Å². The van der Waals surface area contributed by atoms with E-state index in [9.17, 15) is 4.79 Å². The number of hydrogen-bond acceptors (Lipinski definition) is 4. The fourth-order valence-corrected chi connectivity index (χ4v) is 1.92. The van der Waals surface area contributed by atoms with Crippen molar-refractivity contribution in [3.8, 4) is 0 Å². The lowest BCUT2D eigenvalue weighted by Crippen LogP contribution is -2.45. The third-order valence-electron chi connectivity index (χ3n) is 2.67. The monoisotopic (exact) mass is 202 g/mol. The van der Waals surface area contributed by atoms with Crippen molar-refractivity contribution in [3.63, 3.8) is 0 Å². The molecule has 2 unspecified atom stereocenters. The predicted molar refractivity (Wildman–Crippen MR) is 52.0 cm³/mol. The molecule has 1 fully saturated rings. The van der Waals surface area contributed by atoms with Crippen LogP contribution in [0.25, 0.3) is 0 Å². The maximum absolute atomic E-state index is 10.8. The van der Waals surface area contributed by atoms with Gasteiger partial charge in [-0.3, -0.25) is 9.69 Å². The van der Waals surface area contributed by atoms with Crippen LogP contribution in [-0.4, -0.2) is 55.4 Å². The molecule has 5 heteroatoms. The highest BCUT2D eigenvalue weighted by Gasteiger charge is 2.31. The molecule has 2 atom stereocenters. The van der Waals surface area contributed by atoms with Gasteiger partial charge in [0.15, 0.2) is 0 Å². The Kier molecular flexibility index (Phi) is 4.31. The maximum Gasteiger partial charge on any atom is 0.322 e. The summed E-state index contributed by atoms with van der Waals surface area (Å²) in [7, 11) is 1.67. The summed E-state index contributed by atoms with van der Waals surface area (Å²) in [5.41, 5.74) is 5.42. The zero-order valence-corrected chi connectivity index (χ0v) is 8.48. The normalized spacial score (nSPS) is 25.1. The van der Waals surface area contributed by atoms with Crippen molar-refractivity contribution in [1.82, 2.24) is 4.90 Å². The van der Waals surface area contributed by atoms with Gasteiger partial charge in [-0.25, -0.2) is 0 Å². The van der Waals surface area contributed by atoms with Gasteiger partial charge in [0.2, 0.25) is 0 Å². The Morgan fingerprint density at radius 3 is 3.00 bits per heavy atom. The Bertz CT molecular complexity index is 198. The zero-order chi connectivity index (χ0) is 10.6. The van der Waals surface area contributed by atoms with Crippen molar-refractivity contribution in [2.75, 3.05) is 33.4 Å². The van der Waals surface area contributed by atoms with E-state index in [-0.39, 0.29) is 6.54 Å². The van der Waals surface area contributed by atoms with Crippen molar-refractivity contribution >= 4 is 5.97 Å². The van der Waals surface area contributed by atoms with Crippen molar-refractivity contribution < 1.29 is 14.6 Å². The van der Waals surface area contributed by atoms with Gasteiger partial charge in [-0.2, -0.15) is 0 Å².